The van der Waals surface area contributed by atoms with Gasteiger partial charge in [-0.2, -0.15) is 18.3 Å². The number of halogens is 4. The van der Waals surface area contributed by atoms with E-state index in [-0.39, 0.29) is 5.38 Å². The van der Waals surface area contributed by atoms with E-state index in [0.29, 0.717) is 31.7 Å². The number of rotatable bonds is 4. The molecular weight excluding hydrogens is 511 g/mol. The van der Waals surface area contributed by atoms with Gasteiger partial charge in [0.05, 0.1) is 28.0 Å². The van der Waals surface area contributed by atoms with Gasteiger partial charge in [0, 0.05) is 54.3 Å². The summed E-state index contributed by atoms with van der Waals surface area (Å²) in [6, 6.07) is 10.9. The molecule has 9 heteroatoms. The average molecular weight is 538 g/mol. The quantitative estimate of drug-likeness (QED) is 0.281. The lowest BCUT2D eigenvalue weighted by Crippen LogP contribution is -2.31. The predicted molar refractivity (Wildman–Crippen MR) is 143 cm³/mol. The summed E-state index contributed by atoms with van der Waals surface area (Å²) in [5, 5.41) is 5.02. The monoisotopic (exact) mass is 537 g/mol. The number of H-pyrrole nitrogens is 1. The molecule has 0 saturated carbocycles. The molecule has 0 bridgehead atoms. The highest BCUT2D eigenvalue weighted by molar-refractivity contribution is 6.21. The Balaban J connectivity index is 1.50. The molecule has 196 valence electrons. The summed E-state index contributed by atoms with van der Waals surface area (Å²) < 4.78 is 41.4. The normalized spacial score (nSPS) is 17.3. The van der Waals surface area contributed by atoms with Crippen LogP contribution in [-0.4, -0.2) is 26.3 Å². The molecule has 0 radical (unpaired) electrons. The highest BCUT2D eigenvalue weighted by Gasteiger charge is 2.33. The van der Waals surface area contributed by atoms with E-state index in [0.717, 1.165) is 63.7 Å². The van der Waals surface area contributed by atoms with Gasteiger partial charge in [0.1, 0.15) is 5.82 Å². The van der Waals surface area contributed by atoms with Gasteiger partial charge in [-0.1, -0.05) is 31.2 Å². The Morgan fingerprint density at radius 3 is 2.74 bits per heavy atom. The van der Waals surface area contributed by atoms with Gasteiger partial charge in [-0.15, -0.1) is 11.6 Å². The smallest absolute Gasteiger partial charge is 0.363 e. The summed E-state index contributed by atoms with van der Waals surface area (Å²) in [6.07, 6.45) is 2.80. The predicted octanol–water partition coefficient (Wildman–Crippen LogP) is 7.16. The minimum atomic E-state index is -4.42. The van der Waals surface area contributed by atoms with Gasteiger partial charge >= 0.3 is 6.18 Å². The van der Waals surface area contributed by atoms with Crippen LogP contribution >= 0.6 is 11.6 Å². The summed E-state index contributed by atoms with van der Waals surface area (Å²) in [5.74, 6) is 0.522. The maximum Gasteiger partial charge on any atom is 0.417 e. The Kier molecular flexibility index (Phi) is 6.10. The van der Waals surface area contributed by atoms with Crippen LogP contribution < -0.4 is 4.90 Å². The molecule has 4 aromatic rings. The average Bonchev–Trinajstić information content (AvgIpc) is 3.54. The first-order valence-corrected chi connectivity index (χ1v) is 13.2. The first-order valence-electron chi connectivity index (χ1n) is 12.8. The number of hydrogen-bond acceptors (Lipinski definition) is 3. The molecule has 0 amide bonds. The van der Waals surface area contributed by atoms with Crippen molar-refractivity contribution in [3.05, 3.63) is 99.8 Å². The van der Waals surface area contributed by atoms with E-state index in [1.807, 2.05) is 11.1 Å². The molecule has 1 aliphatic carbocycles. The molecule has 2 aliphatic rings. The number of fused-ring (bicyclic) bond motifs is 2. The van der Waals surface area contributed by atoms with E-state index in [9.17, 15) is 13.2 Å². The largest absolute Gasteiger partial charge is 0.417 e. The fourth-order valence-electron chi connectivity index (χ4n) is 5.61. The maximum absolute atomic E-state index is 13.1. The summed E-state index contributed by atoms with van der Waals surface area (Å²) in [5.41, 5.74) is 8.84. The second kappa shape index (κ2) is 9.34. The number of nitrogens with zero attached hydrogens (tertiary/aromatic N) is 4. The van der Waals surface area contributed by atoms with Crippen LogP contribution in [0.2, 0.25) is 0 Å². The van der Waals surface area contributed by atoms with E-state index >= 15 is 0 Å². The Bertz CT molecular complexity index is 1530. The lowest BCUT2D eigenvalue weighted by Gasteiger charge is -2.29. The summed E-state index contributed by atoms with van der Waals surface area (Å²) in [4.78, 5) is 9.51. The minimum absolute atomic E-state index is 0.131. The number of aryl methyl sites for hydroxylation is 2. The van der Waals surface area contributed by atoms with Gasteiger partial charge in [0.25, 0.3) is 0 Å². The minimum Gasteiger partial charge on any atom is -0.363 e. The highest BCUT2D eigenvalue weighted by Crippen LogP contribution is 2.43. The second-order valence-electron chi connectivity index (χ2n) is 9.82. The molecule has 1 aromatic carbocycles. The molecule has 0 saturated heterocycles. The van der Waals surface area contributed by atoms with E-state index in [2.05, 4.69) is 58.8 Å². The van der Waals surface area contributed by atoms with Crippen molar-refractivity contribution < 1.29 is 13.2 Å². The molecule has 1 N–H and O–H groups in total. The Hall–Kier alpha value is -3.52. The van der Waals surface area contributed by atoms with Gasteiger partial charge in [-0.05, 0) is 49.1 Å². The van der Waals surface area contributed by atoms with Crippen molar-refractivity contribution in [1.29, 1.82) is 0 Å². The number of pyridine rings is 1. The van der Waals surface area contributed by atoms with E-state index in [1.165, 1.54) is 11.6 Å². The fraction of sp³-hybridized carbons (Fsp3) is 0.310. The molecule has 3 aromatic heterocycles. The van der Waals surface area contributed by atoms with Crippen molar-refractivity contribution in [2.75, 3.05) is 11.4 Å². The zero-order valence-corrected chi connectivity index (χ0v) is 21.9. The number of aromatic amines is 1. The number of alkyl halides is 4. The molecule has 0 fully saturated rings. The second-order valence-corrected chi connectivity index (χ2v) is 10.3. The van der Waals surface area contributed by atoms with Gasteiger partial charge in [-0.25, -0.2) is 9.67 Å². The molecular formula is C29H27ClF3N5. The van der Waals surface area contributed by atoms with Gasteiger partial charge < -0.3 is 9.88 Å². The molecule has 1 unspecified atom stereocenters. The van der Waals surface area contributed by atoms with Crippen molar-refractivity contribution >= 4 is 23.0 Å². The molecule has 5 nitrogen and oxygen atoms in total. The Morgan fingerprint density at radius 1 is 1.16 bits per heavy atom. The maximum atomic E-state index is 13.1. The molecule has 1 atom stereocenters. The number of nitrogens with one attached hydrogen (secondary N) is 1. The van der Waals surface area contributed by atoms with Crippen molar-refractivity contribution in [1.82, 2.24) is 19.7 Å². The SMILES string of the molecule is CCc1cccc(C)c1-n1nc2c(c1C1=CCC(Cl)c3[nH]ccc31)CN(c1ccc(C(F)(F)F)cn1)CC2. The van der Waals surface area contributed by atoms with Crippen molar-refractivity contribution in [2.24, 2.45) is 0 Å². The Labute approximate surface area is 224 Å². The number of hydrogen-bond donors (Lipinski definition) is 1. The number of aromatic nitrogens is 4. The number of para-hydroxylation sites is 1. The van der Waals surface area contributed by atoms with Crippen LogP contribution in [0.1, 0.15) is 63.6 Å². The number of allylic oxidation sites excluding steroid dienone is 1. The van der Waals surface area contributed by atoms with Crippen LogP contribution in [0.15, 0.2) is 54.9 Å². The third-order valence-corrected chi connectivity index (χ3v) is 7.91. The van der Waals surface area contributed by atoms with Crippen molar-refractivity contribution in [2.45, 2.75) is 51.2 Å². The standard InChI is InChI=1S/C29H27ClF3N5/c1-3-18-6-4-5-17(2)27(18)38-28(21-8-9-23(30)26-20(21)11-13-34-26)22-16-37(14-12-24(22)36-38)25-10-7-19(15-35-25)29(31,32)33/h4-8,10-11,13,15,23,34H,3,9,12,14,16H2,1-2H3. The summed E-state index contributed by atoms with van der Waals surface area (Å²) >= 11 is 6.64. The number of anilines is 1. The van der Waals surface area contributed by atoms with E-state index in [4.69, 9.17) is 16.7 Å². The summed E-state index contributed by atoms with van der Waals surface area (Å²) in [7, 11) is 0. The first kappa shape index (κ1) is 24.8. The van der Waals surface area contributed by atoms with Gasteiger partial charge in [0.2, 0.25) is 0 Å². The van der Waals surface area contributed by atoms with Crippen molar-refractivity contribution in [3.8, 4) is 5.69 Å². The summed E-state index contributed by atoms with van der Waals surface area (Å²) in [6.45, 7) is 5.36. The Morgan fingerprint density at radius 2 is 2.00 bits per heavy atom. The highest BCUT2D eigenvalue weighted by atomic mass is 35.5. The third-order valence-electron chi connectivity index (χ3n) is 7.51. The lowest BCUT2D eigenvalue weighted by molar-refractivity contribution is -0.137. The third kappa shape index (κ3) is 4.11. The molecule has 4 heterocycles. The van der Waals surface area contributed by atoms with E-state index in [1.54, 1.807) is 0 Å². The number of benzene rings is 1. The van der Waals surface area contributed by atoms with Crippen LogP contribution in [0.5, 0.6) is 0 Å². The van der Waals surface area contributed by atoms with Crippen LogP contribution in [0, 0.1) is 6.92 Å². The van der Waals surface area contributed by atoms with Gasteiger partial charge in [-0.3, -0.25) is 0 Å². The molecule has 0 spiro atoms. The zero-order chi connectivity index (χ0) is 26.6. The van der Waals surface area contributed by atoms with Crippen LogP contribution in [0.25, 0.3) is 11.3 Å². The zero-order valence-electron chi connectivity index (χ0n) is 21.1. The van der Waals surface area contributed by atoms with Crippen molar-refractivity contribution in [3.63, 3.8) is 0 Å². The molecule has 1 aliphatic heterocycles. The van der Waals surface area contributed by atoms with Crippen LogP contribution in [0.3, 0.4) is 0 Å². The molecule has 38 heavy (non-hydrogen) atoms. The van der Waals surface area contributed by atoms with E-state index < -0.39 is 11.7 Å². The first-order chi connectivity index (χ1) is 18.3. The van der Waals surface area contributed by atoms with Crippen LogP contribution in [-0.2, 0) is 25.6 Å². The van der Waals surface area contributed by atoms with Gasteiger partial charge in [0.15, 0.2) is 0 Å². The van der Waals surface area contributed by atoms with Crippen LogP contribution in [0.4, 0.5) is 19.0 Å². The topological polar surface area (TPSA) is 49.7 Å². The molecule has 6 rings (SSSR count). The fourth-order valence-corrected chi connectivity index (χ4v) is 5.88. The lowest BCUT2D eigenvalue weighted by atomic mass is 9.90.